The second-order valence-electron chi connectivity index (χ2n) is 8.54. The van der Waals surface area contributed by atoms with Crippen molar-refractivity contribution in [1.82, 2.24) is 19.5 Å². The molecular weight excluding hydrogens is 417 g/mol. The highest BCUT2D eigenvalue weighted by molar-refractivity contribution is 5.81. The molecule has 0 radical (unpaired) electrons. The summed E-state index contributed by atoms with van der Waals surface area (Å²) < 4.78 is 21.2. The fraction of sp³-hybridized carbons (Fsp3) is 0.308. The van der Waals surface area contributed by atoms with Gasteiger partial charge >= 0.3 is 0 Å². The molecule has 0 spiro atoms. The standard InChI is InChI=1S/C26H28FN5O/c1-18-15-24(32-26(28-18)25(19(2)29-32)20-7-5-4-6-8-20)31-13-11-30(12-14-31)17-21-16-22(27)9-10-23(21)33-3/h4-10,15-16H,11-14,17H2,1-3H3. The molecule has 0 aliphatic carbocycles. The molecule has 0 bridgehead atoms. The van der Waals surface area contributed by atoms with Crippen LogP contribution in [0.2, 0.25) is 0 Å². The monoisotopic (exact) mass is 445 g/mol. The number of benzene rings is 2. The van der Waals surface area contributed by atoms with E-state index in [-0.39, 0.29) is 5.82 Å². The molecule has 0 unspecified atom stereocenters. The van der Waals surface area contributed by atoms with Crippen LogP contribution in [0.15, 0.2) is 54.6 Å². The number of hydrogen-bond donors (Lipinski definition) is 0. The van der Waals surface area contributed by atoms with Gasteiger partial charge in [0, 0.05) is 55.6 Å². The van der Waals surface area contributed by atoms with Crippen LogP contribution in [-0.4, -0.2) is 52.8 Å². The summed E-state index contributed by atoms with van der Waals surface area (Å²) in [6.07, 6.45) is 0. The van der Waals surface area contributed by atoms with Crippen molar-refractivity contribution in [2.45, 2.75) is 20.4 Å². The second kappa shape index (κ2) is 8.83. The summed E-state index contributed by atoms with van der Waals surface area (Å²) in [5.74, 6) is 1.55. The van der Waals surface area contributed by atoms with E-state index in [1.54, 1.807) is 19.2 Å². The lowest BCUT2D eigenvalue weighted by molar-refractivity contribution is 0.245. The van der Waals surface area contributed by atoms with Crippen molar-refractivity contribution in [2.75, 3.05) is 38.2 Å². The number of nitrogens with zero attached hydrogens (tertiary/aromatic N) is 5. The molecule has 0 N–H and O–H groups in total. The number of hydrogen-bond acceptors (Lipinski definition) is 5. The fourth-order valence-electron chi connectivity index (χ4n) is 4.64. The lowest BCUT2D eigenvalue weighted by Gasteiger charge is -2.36. The number of ether oxygens (including phenoxy) is 1. The van der Waals surface area contributed by atoms with Crippen LogP contribution >= 0.6 is 0 Å². The molecule has 170 valence electrons. The molecule has 2 aromatic carbocycles. The van der Waals surface area contributed by atoms with Crippen molar-refractivity contribution < 1.29 is 9.13 Å². The fourth-order valence-corrected chi connectivity index (χ4v) is 4.64. The van der Waals surface area contributed by atoms with Crippen LogP contribution in [0.1, 0.15) is 17.0 Å². The normalized spacial score (nSPS) is 14.7. The van der Waals surface area contributed by atoms with Crippen molar-refractivity contribution in [3.8, 4) is 16.9 Å². The van der Waals surface area contributed by atoms with Crippen molar-refractivity contribution in [2.24, 2.45) is 0 Å². The number of aromatic nitrogens is 3. The van der Waals surface area contributed by atoms with Gasteiger partial charge in [0.05, 0.1) is 12.8 Å². The lowest BCUT2D eigenvalue weighted by atomic mass is 10.1. The molecule has 0 amide bonds. The van der Waals surface area contributed by atoms with E-state index in [0.717, 1.165) is 71.5 Å². The summed E-state index contributed by atoms with van der Waals surface area (Å²) in [4.78, 5) is 9.54. The molecule has 1 aliphatic heterocycles. The highest BCUT2D eigenvalue weighted by Gasteiger charge is 2.23. The first kappa shape index (κ1) is 21.4. The SMILES string of the molecule is COc1ccc(F)cc1CN1CCN(c2cc(C)nc3c(-c4ccccc4)c(C)nn23)CC1. The Bertz CT molecular complexity index is 1280. The van der Waals surface area contributed by atoms with Gasteiger partial charge in [0.2, 0.25) is 0 Å². The first-order chi connectivity index (χ1) is 16.0. The molecule has 0 saturated carbocycles. The quantitative estimate of drug-likeness (QED) is 0.453. The molecule has 5 rings (SSSR count). The summed E-state index contributed by atoms with van der Waals surface area (Å²) in [5.41, 5.74) is 5.92. The molecule has 3 heterocycles. The Labute approximate surface area is 193 Å². The van der Waals surface area contributed by atoms with E-state index in [0.29, 0.717) is 6.54 Å². The first-order valence-corrected chi connectivity index (χ1v) is 11.3. The first-order valence-electron chi connectivity index (χ1n) is 11.3. The Morgan fingerprint density at radius 2 is 1.73 bits per heavy atom. The minimum atomic E-state index is -0.234. The zero-order valence-electron chi connectivity index (χ0n) is 19.3. The van der Waals surface area contributed by atoms with Gasteiger partial charge in [-0.05, 0) is 37.6 Å². The molecule has 4 aromatic rings. The van der Waals surface area contributed by atoms with Crippen molar-refractivity contribution >= 4 is 11.5 Å². The maximum Gasteiger partial charge on any atom is 0.165 e. The van der Waals surface area contributed by atoms with Gasteiger partial charge in [-0.3, -0.25) is 4.90 Å². The van der Waals surface area contributed by atoms with Crippen LogP contribution in [-0.2, 0) is 6.54 Å². The average Bonchev–Trinajstić information content (AvgIpc) is 3.15. The predicted octanol–water partition coefficient (Wildman–Crippen LogP) is 4.48. The molecule has 1 saturated heterocycles. The number of halogens is 1. The summed E-state index contributed by atoms with van der Waals surface area (Å²) in [6.45, 7) is 8.19. The molecule has 6 nitrogen and oxygen atoms in total. The highest BCUT2D eigenvalue weighted by atomic mass is 19.1. The zero-order chi connectivity index (χ0) is 22.9. The Hall–Kier alpha value is -3.45. The van der Waals surface area contributed by atoms with Crippen LogP contribution < -0.4 is 9.64 Å². The van der Waals surface area contributed by atoms with E-state index in [4.69, 9.17) is 14.8 Å². The van der Waals surface area contributed by atoms with Crippen molar-refractivity contribution in [1.29, 1.82) is 0 Å². The molecule has 33 heavy (non-hydrogen) atoms. The third-order valence-corrected chi connectivity index (χ3v) is 6.27. The Kier molecular flexibility index (Phi) is 5.72. The van der Waals surface area contributed by atoms with Gasteiger partial charge in [0.15, 0.2) is 5.65 Å². The van der Waals surface area contributed by atoms with Gasteiger partial charge in [0.25, 0.3) is 0 Å². The van der Waals surface area contributed by atoms with Crippen molar-refractivity contribution in [3.63, 3.8) is 0 Å². The van der Waals surface area contributed by atoms with E-state index in [9.17, 15) is 4.39 Å². The van der Waals surface area contributed by atoms with Crippen LogP contribution in [0, 0.1) is 19.7 Å². The number of piperazine rings is 1. The molecule has 1 fully saturated rings. The maximum absolute atomic E-state index is 13.8. The van der Waals surface area contributed by atoms with Gasteiger partial charge in [-0.25, -0.2) is 9.37 Å². The maximum atomic E-state index is 13.8. The third-order valence-electron chi connectivity index (χ3n) is 6.27. The van der Waals surface area contributed by atoms with E-state index in [2.05, 4.69) is 28.0 Å². The van der Waals surface area contributed by atoms with Gasteiger partial charge < -0.3 is 9.64 Å². The second-order valence-corrected chi connectivity index (χ2v) is 8.54. The van der Waals surface area contributed by atoms with Crippen LogP contribution in [0.4, 0.5) is 10.2 Å². The Morgan fingerprint density at radius 1 is 0.970 bits per heavy atom. The van der Waals surface area contributed by atoms with Crippen molar-refractivity contribution in [3.05, 3.63) is 77.4 Å². The number of rotatable bonds is 5. The van der Waals surface area contributed by atoms with Crippen LogP contribution in [0.5, 0.6) is 5.75 Å². The van der Waals surface area contributed by atoms with E-state index in [1.165, 1.54) is 6.07 Å². The van der Waals surface area contributed by atoms with Crippen LogP contribution in [0.3, 0.4) is 0 Å². The number of aryl methyl sites for hydroxylation is 2. The van der Waals surface area contributed by atoms with Crippen LogP contribution in [0.25, 0.3) is 16.8 Å². The van der Waals surface area contributed by atoms with Gasteiger partial charge in [0.1, 0.15) is 17.4 Å². The Balaban J connectivity index is 1.40. The van der Waals surface area contributed by atoms with Gasteiger partial charge in [-0.2, -0.15) is 9.61 Å². The summed E-state index contributed by atoms with van der Waals surface area (Å²) in [5, 5.41) is 4.87. The zero-order valence-corrected chi connectivity index (χ0v) is 19.3. The largest absolute Gasteiger partial charge is 0.496 e. The average molecular weight is 446 g/mol. The summed E-state index contributed by atoms with van der Waals surface area (Å²) in [6, 6.07) is 17.1. The smallest absolute Gasteiger partial charge is 0.165 e. The van der Waals surface area contributed by atoms with E-state index in [1.807, 2.05) is 36.6 Å². The molecular formula is C26H28FN5O. The minimum absolute atomic E-state index is 0.234. The summed E-state index contributed by atoms with van der Waals surface area (Å²) >= 11 is 0. The third kappa shape index (κ3) is 4.16. The number of fused-ring (bicyclic) bond motifs is 1. The molecule has 2 aromatic heterocycles. The molecule has 7 heteroatoms. The van der Waals surface area contributed by atoms with Gasteiger partial charge in [-0.1, -0.05) is 30.3 Å². The van der Waals surface area contributed by atoms with E-state index < -0.39 is 0 Å². The summed E-state index contributed by atoms with van der Waals surface area (Å²) in [7, 11) is 1.63. The van der Waals surface area contributed by atoms with E-state index >= 15 is 0 Å². The lowest BCUT2D eigenvalue weighted by Crippen LogP contribution is -2.46. The molecule has 1 aliphatic rings. The van der Waals surface area contributed by atoms with Gasteiger partial charge in [-0.15, -0.1) is 0 Å². The Morgan fingerprint density at radius 3 is 2.45 bits per heavy atom. The minimum Gasteiger partial charge on any atom is -0.496 e. The molecule has 0 atom stereocenters. The number of anilines is 1. The topological polar surface area (TPSA) is 45.9 Å². The highest BCUT2D eigenvalue weighted by Crippen LogP contribution is 2.30. The number of methoxy groups -OCH3 is 1. The predicted molar refractivity (Wildman–Crippen MR) is 128 cm³/mol.